The Morgan fingerprint density at radius 1 is 1.06 bits per heavy atom. The number of methoxy groups -OCH3 is 1. The Kier molecular flexibility index (Phi) is 5.58. The molecule has 0 amide bonds. The predicted molar refractivity (Wildman–Crippen MR) is 116 cm³/mol. The lowest BCUT2D eigenvalue weighted by Gasteiger charge is -2.12. The number of anilines is 2. The highest BCUT2D eigenvalue weighted by molar-refractivity contribution is 5.96. The first-order chi connectivity index (χ1) is 15.5. The molecular formula is C22H17N5O5. The summed E-state index contributed by atoms with van der Waals surface area (Å²) in [6.07, 6.45) is 1.13. The van der Waals surface area contributed by atoms with E-state index in [-0.39, 0.29) is 22.9 Å². The topological polar surface area (TPSA) is 129 Å². The zero-order valence-corrected chi connectivity index (χ0v) is 17.1. The highest BCUT2D eigenvalue weighted by Gasteiger charge is 2.27. The van der Waals surface area contributed by atoms with Gasteiger partial charge in [-0.2, -0.15) is 4.98 Å². The van der Waals surface area contributed by atoms with Crippen LogP contribution >= 0.6 is 0 Å². The van der Waals surface area contributed by atoms with E-state index < -0.39 is 16.6 Å². The molecule has 2 aromatic carbocycles. The van der Waals surface area contributed by atoms with Gasteiger partial charge in [0, 0.05) is 11.1 Å². The van der Waals surface area contributed by atoms with Crippen LogP contribution in [-0.2, 0) is 4.74 Å². The van der Waals surface area contributed by atoms with Crippen molar-refractivity contribution >= 4 is 34.1 Å². The minimum absolute atomic E-state index is 0.138. The summed E-state index contributed by atoms with van der Waals surface area (Å²) in [5.41, 5.74) is 1.31. The Labute approximate surface area is 182 Å². The number of ether oxygens (including phenoxy) is 2. The van der Waals surface area contributed by atoms with Gasteiger partial charge < -0.3 is 14.8 Å². The number of carbonyl (C=O) groups excluding carboxylic acids is 1. The molecule has 2 heterocycles. The third-order valence-corrected chi connectivity index (χ3v) is 4.59. The highest BCUT2D eigenvalue weighted by Crippen LogP contribution is 2.37. The first-order valence-corrected chi connectivity index (χ1v) is 9.46. The summed E-state index contributed by atoms with van der Waals surface area (Å²) in [4.78, 5) is 35.7. The van der Waals surface area contributed by atoms with Gasteiger partial charge in [0.05, 0.1) is 23.3 Å². The molecule has 0 saturated carbocycles. The van der Waals surface area contributed by atoms with E-state index in [0.717, 1.165) is 17.4 Å². The van der Waals surface area contributed by atoms with Crippen molar-refractivity contribution in [3.8, 4) is 11.6 Å². The molecule has 4 aromatic rings. The number of hydrogen-bond donors (Lipinski definition) is 1. The van der Waals surface area contributed by atoms with Gasteiger partial charge in [0.1, 0.15) is 11.8 Å². The number of para-hydroxylation sites is 2. The van der Waals surface area contributed by atoms with Crippen LogP contribution in [0.2, 0.25) is 0 Å². The summed E-state index contributed by atoms with van der Waals surface area (Å²) in [6, 6.07) is 15.4. The lowest BCUT2D eigenvalue weighted by Crippen LogP contribution is -2.08. The molecule has 0 bridgehead atoms. The van der Waals surface area contributed by atoms with Crippen molar-refractivity contribution in [3.05, 3.63) is 82.3 Å². The van der Waals surface area contributed by atoms with Gasteiger partial charge in [-0.15, -0.1) is 0 Å². The minimum Gasteiger partial charge on any atom is -0.465 e. The number of aryl methyl sites for hydroxylation is 1. The molecular weight excluding hydrogens is 414 g/mol. The Balaban J connectivity index is 1.77. The summed E-state index contributed by atoms with van der Waals surface area (Å²) in [5, 5.41) is 15.5. The molecule has 0 spiro atoms. The number of rotatable bonds is 6. The molecule has 0 fully saturated rings. The van der Waals surface area contributed by atoms with Crippen LogP contribution in [0.3, 0.4) is 0 Å². The average molecular weight is 431 g/mol. The van der Waals surface area contributed by atoms with Crippen molar-refractivity contribution in [2.24, 2.45) is 0 Å². The van der Waals surface area contributed by atoms with E-state index in [1.165, 1.54) is 13.2 Å². The number of nitrogens with one attached hydrogen (secondary N) is 1. The lowest BCUT2D eigenvalue weighted by molar-refractivity contribution is -0.385. The van der Waals surface area contributed by atoms with Gasteiger partial charge >= 0.3 is 17.5 Å². The molecule has 0 atom stereocenters. The zero-order valence-electron chi connectivity index (χ0n) is 17.1. The lowest BCUT2D eigenvalue weighted by atomic mass is 10.2. The van der Waals surface area contributed by atoms with Crippen LogP contribution in [0, 0.1) is 17.0 Å². The molecule has 0 aliphatic carbocycles. The quantitative estimate of drug-likeness (QED) is 0.265. The van der Waals surface area contributed by atoms with Gasteiger partial charge in [-0.25, -0.2) is 14.8 Å². The maximum absolute atomic E-state index is 12.0. The van der Waals surface area contributed by atoms with Crippen molar-refractivity contribution in [2.45, 2.75) is 6.92 Å². The van der Waals surface area contributed by atoms with E-state index in [1.54, 1.807) is 30.3 Å². The number of nitro groups is 1. The summed E-state index contributed by atoms with van der Waals surface area (Å²) in [6.45, 7) is 1.84. The molecule has 10 nitrogen and oxygen atoms in total. The van der Waals surface area contributed by atoms with Crippen LogP contribution in [-0.4, -0.2) is 33.0 Å². The van der Waals surface area contributed by atoms with E-state index >= 15 is 0 Å². The minimum atomic E-state index is -0.651. The van der Waals surface area contributed by atoms with Crippen LogP contribution in [0.5, 0.6) is 11.6 Å². The van der Waals surface area contributed by atoms with E-state index in [4.69, 9.17) is 9.47 Å². The van der Waals surface area contributed by atoms with E-state index in [9.17, 15) is 14.9 Å². The Hall–Kier alpha value is -4.60. The molecule has 160 valence electrons. The number of esters is 1. The first kappa shape index (κ1) is 20.7. The van der Waals surface area contributed by atoms with Gasteiger partial charge in [0.15, 0.2) is 5.75 Å². The molecule has 0 unspecified atom stereocenters. The maximum atomic E-state index is 12.0. The van der Waals surface area contributed by atoms with Crippen LogP contribution in [0.4, 0.5) is 17.2 Å². The largest absolute Gasteiger partial charge is 0.465 e. The predicted octanol–water partition coefficient (Wildman–Crippen LogP) is 4.56. The first-order valence-electron chi connectivity index (χ1n) is 9.46. The second-order valence-electron chi connectivity index (χ2n) is 6.68. The number of nitrogens with zero attached hydrogens (tertiary/aromatic N) is 4. The fraction of sp³-hybridized carbons (Fsp3) is 0.0909. The fourth-order valence-electron chi connectivity index (χ4n) is 3.10. The van der Waals surface area contributed by atoms with Crippen molar-refractivity contribution in [1.29, 1.82) is 0 Å². The Morgan fingerprint density at radius 2 is 1.88 bits per heavy atom. The molecule has 0 aliphatic rings. The molecule has 0 saturated heterocycles. The second kappa shape index (κ2) is 8.64. The summed E-state index contributed by atoms with van der Waals surface area (Å²) in [7, 11) is 1.25. The van der Waals surface area contributed by atoms with Crippen molar-refractivity contribution in [2.75, 3.05) is 12.4 Å². The van der Waals surface area contributed by atoms with Crippen molar-refractivity contribution in [1.82, 2.24) is 15.0 Å². The summed E-state index contributed by atoms with van der Waals surface area (Å²) >= 11 is 0. The van der Waals surface area contributed by atoms with Crippen LogP contribution in [0.15, 0.2) is 60.9 Å². The van der Waals surface area contributed by atoms with Crippen molar-refractivity contribution in [3.63, 3.8) is 0 Å². The third-order valence-electron chi connectivity index (χ3n) is 4.59. The van der Waals surface area contributed by atoms with Gasteiger partial charge in [0.2, 0.25) is 5.82 Å². The monoisotopic (exact) mass is 431 g/mol. The molecule has 4 rings (SSSR count). The average Bonchev–Trinajstić information content (AvgIpc) is 2.79. The number of pyridine rings is 1. The number of carbonyl (C=O) groups is 1. The molecule has 1 N–H and O–H groups in total. The van der Waals surface area contributed by atoms with E-state index in [0.29, 0.717) is 11.3 Å². The van der Waals surface area contributed by atoms with Crippen molar-refractivity contribution < 1.29 is 19.2 Å². The number of benzene rings is 2. The maximum Gasteiger partial charge on any atom is 0.373 e. The Morgan fingerprint density at radius 3 is 2.66 bits per heavy atom. The molecule has 32 heavy (non-hydrogen) atoms. The molecule has 10 heteroatoms. The normalized spacial score (nSPS) is 10.6. The SMILES string of the molecule is COC(=O)c1ccccc1Nc1ncnc(Oc2cccc3ccc(C)nc23)c1[N+](=O)[O-]. The second-order valence-corrected chi connectivity index (χ2v) is 6.68. The molecule has 2 aromatic heterocycles. The summed E-state index contributed by atoms with van der Waals surface area (Å²) in [5.74, 6) is -0.688. The standard InChI is InChI=1S/C22H17N5O5/c1-13-10-11-14-6-5-9-17(18(14)25-13)32-21-19(27(29)30)20(23-12-24-21)26-16-8-4-3-7-15(16)22(28)31-2/h3-12H,1-2H3,(H,23,24,26). The smallest absolute Gasteiger partial charge is 0.373 e. The summed E-state index contributed by atoms with van der Waals surface area (Å²) < 4.78 is 10.6. The van der Waals surface area contributed by atoms with Crippen LogP contribution in [0.25, 0.3) is 10.9 Å². The van der Waals surface area contributed by atoms with Crippen LogP contribution in [0.1, 0.15) is 16.1 Å². The van der Waals surface area contributed by atoms with Gasteiger partial charge in [0.25, 0.3) is 0 Å². The van der Waals surface area contributed by atoms with Gasteiger partial charge in [-0.05, 0) is 31.2 Å². The van der Waals surface area contributed by atoms with E-state index in [2.05, 4.69) is 20.3 Å². The number of hydrogen-bond acceptors (Lipinski definition) is 9. The van der Waals surface area contributed by atoms with Crippen LogP contribution < -0.4 is 10.1 Å². The molecule has 0 aliphatic heterocycles. The third kappa shape index (κ3) is 4.01. The highest BCUT2D eigenvalue weighted by atomic mass is 16.6. The zero-order chi connectivity index (χ0) is 22.7. The van der Waals surface area contributed by atoms with Gasteiger partial charge in [-0.3, -0.25) is 10.1 Å². The number of aromatic nitrogens is 3. The Bertz CT molecular complexity index is 1340. The van der Waals surface area contributed by atoms with Gasteiger partial charge in [-0.1, -0.05) is 30.3 Å². The van der Waals surface area contributed by atoms with E-state index in [1.807, 2.05) is 25.1 Å². The molecule has 0 radical (unpaired) electrons. The number of fused-ring (bicyclic) bond motifs is 1. The fourth-order valence-corrected chi connectivity index (χ4v) is 3.10.